The molecule has 0 radical (unpaired) electrons. The molecular formula is C9H10ClN3O5S2. The topological polar surface area (TPSA) is 127 Å². The van der Waals surface area contributed by atoms with Crippen LogP contribution in [-0.2, 0) is 24.8 Å². The molecule has 0 unspecified atom stereocenters. The first kappa shape index (κ1) is 15.2. The van der Waals surface area contributed by atoms with Crippen molar-refractivity contribution in [3.05, 3.63) is 17.2 Å². The van der Waals surface area contributed by atoms with Crippen LogP contribution >= 0.6 is 11.6 Å². The van der Waals surface area contributed by atoms with Crippen molar-refractivity contribution in [2.75, 3.05) is 18.5 Å². The van der Waals surface area contributed by atoms with Gasteiger partial charge in [-0.1, -0.05) is 11.6 Å². The monoisotopic (exact) mass is 339 g/mol. The van der Waals surface area contributed by atoms with Crippen molar-refractivity contribution >= 4 is 43.6 Å². The van der Waals surface area contributed by atoms with Gasteiger partial charge in [-0.25, -0.2) is 22.0 Å². The summed E-state index contributed by atoms with van der Waals surface area (Å²) in [5, 5.41) is 7.53. The van der Waals surface area contributed by atoms with Crippen molar-refractivity contribution in [2.45, 2.75) is 9.79 Å². The number of carbonyl (C=O) groups is 1. The summed E-state index contributed by atoms with van der Waals surface area (Å²) in [6, 6.07) is 2.05. The van der Waals surface area contributed by atoms with Crippen LogP contribution in [0.2, 0.25) is 5.02 Å². The first-order chi connectivity index (χ1) is 9.17. The van der Waals surface area contributed by atoms with Crippen molar-refractivity contribution in [1.29, 1.82) is 0 Å². The number of nitrogens with zero attached hydrogens (tertiary/aromatic N) is 1. The molecule has 110 valence electrons. The smallest absolute Gasteiger partial charge is 0.247 e. The van der Waals surface area contributed by atoms with Gasteiger partial charge < -0.3 is 10.1 Å². The fraction of sp³-hybridized carbons (Fsp3) is 0.222. The standard InChI is InChI=1S/C9H10ClN3O5S2/c10-6-3-7-9(4-8(6)19(11,15)16)20(17,18)13(1-2-14)5-12-7/h2-4,12H,1,5H2,(H2,11,15,16). The lowest BCUT2D eigenvalue weighted by atomic mass is 10.3. The SMILES string of the molecule is NS(=O)(=O)c1cc2c(cc1Cl)NCN(CC=O)S2(=O)=O. The van der Waals surface area contributed by atoms with E-state index < -0.39 is 24.9 Å². The molecule has 1 aliphatic heterocycles. The van der Waals surface area contributed by atoms with Crippen LogP contribution < -0.4 is 10.5 Å². The van der Waals surface area contributed by atoms with Crippen molar-refractivity contribution in [3.8, 4) is 0 Å². The van der Waals surface area contributed by atoms with Crippen LogP contribution in [-0.4, -0.2) is 40.6 Å². The van der Waals surface area contributed by atoms with Gasteiger partial charge in [0.05, 0.1) is 23.9 Å². The molecule has 0 bridgehead atoms. The average molecular weight is 340 g/mol. The Bertz CT molecular complexity index is 775. The molecule has 0 atom stereocenters. The van der Waals surface area contributed by atoms with E-state index >= 15 is 0 Å². The molecule has 8 nitrogen and oxygen atoms in total. The van der Waals surface area contributed by atoms with Gasteiger partial charge in [0.15, 0.2) is 0 Å². The summed E-state index contributed by atoms with van der Waals surface area (Å²) >= 11 is 5.77. The molecule has 0 saturated carbocycles. The molecular weight excluding hydrogens is 330 g/mol. The van der Waals surface area contributed by atoms with Gasteiger partial charge >= 0.3 is 0 Å². The number of anilines is 1. The second-order valence-corrected chi connectivity index (χ2v) is 7.81. The lowest BCUT2D eigenvalue weighted by molar-refractivity contribution is -0.108. The molecule has 0 saturated heterocycles. The predicted molar refractivity (Wildman–Crippen MR) is 71.3 cm³/mol. The molecule has 3 N–H and O–H groups in total. The Kier molecular flexibility index (Phi) is 3.77. The quantitative estimate of drug-likeness (QED) is 0.719. The van der Waals surface area contributed by atoms with Gasteiger partial charge in [0.1, 0.15) is 16.1 Å². The molecule has 0 aliphatic carbocycles. The van der Waals surface area contributed by atoms with E-state index in [1.807, 2.05) is 0 Å². The van der Waals surface area contributed by atoms with E-state index in [4.69, 9.17) is 16.7 Å². The summed E-state index contributed by atoms with van der Waals surface area (Å²) in [7, 11) is -8.14. The van der Waals surface area contributed by atoms with E-state index in [1.54, 1.807) is 0 Å². The van der Waals surface area contributed by atoms with Crippen LogP contribution in [0.3, 0.4) is 0 Å². The number of benzene rings is 1. The highest BCUT2D eigenvalue weighted by Gasteiger charge is 2.33. The molecule has 20 heavy (non-hydrogen) atoms. The first-order valence-electron chi connectivity index (χ1n) is 5.22. The highest BCUT2D eigenvalue weighted by atomic mass is 35.5. The largest absolute Gasteiger partial charge is 0.370 e. The fourth-order valence-electron chi connectivity index (χ4n) is 1.75. The summed E-state index contributed by atoms with van der Waals surface area (Å²) < 4.78 is 48.1. The molecule has 1 aliphatic rings. The molecule has 0 fully saturated rings. The number of carbonyl (C=O) groups excluding carboxylic acids is 1. The zero-order chi connectivity index (χ0) is 15.1. The Labute approximate surface area is 120 Å². The average Bonchev–Trinajstić information content (AvgIpc) is 2.31. The Morgan fingerprint density at radius 3 is 2.65 bits per heavy atom. The van der Waals surface area contributed by atoms with E-state index in [0.717, 1.165) is 10.4 Å². The molecule has 1 aromatic carbocycles. The van der Waals surface area contributed by atoms with Crippen molar-refractivity contribution in [2.24, 2.45) is 5.14 Å². The maximum atomic E-state index is 12.2. The zero-order valence-electron chi connectivity index (χ0n) is 9.91. The van der Waals surface area contributed by atoms with E-state index in [1.165, 1.54) is 6.07 Å². The number of hydrogen-bond acceptors (Lipinski definition) is 6. The normalized spacial score (nSPS) is 18.1. The zero-order valence-corrected chi connectivity index (χ0v) is 12.3. The molecule has 2 rings (SSSR count). The summed E-state index contributed by atoms with van der Waals surface area (Å²) in [4.78, 5) is 9.70. The number of halogens is 1. The summed E-state index contributed by atoms with van der Waals surface area (Å²) in [5.41, 5.74) is 0.157. The van der Waals surface area contributed by atoms with E-state index in [-0.39, 0.29) is 28.8 Å². The summed E-state index contributed by atoms with van der Waals surface area (Å²) in [6.45, 7) is -0.457. The first-order valence-corrected chi connectivity index (χ1v) is 8.58. The third-order valence-electron chi connectivity index (χ3n) is 2.68. The minimum atomic E-state index is -4.16. The number of nitrogens with one attached hydrogen (secondary N) is 1. The van der Waals surface area contributed by atoms with Crippen molar-refractivity contribution in [3.63, 3.8) is 0 Å². The molecule has 0 aromatic heterocycles. The van der Waals surface area contributed by atoms with Gasteiger partial charge in [-0.05, 0) is 12.1 Å². The number of rotatable bonds is 3. The summed E-state index contributed by atoms with van der Waals surface area (Å²) in [6.07, 6.45) is 0.431. The Balaban J connectivity index is 2.69. The van der Waals surface area contributed by atoms with E-state index in [0.29, 0.717) is 6.29 Å². The van der Waals surface area contributed by atoms with Crippen molar-refractivity contribution in [1.82, 2.24) is 4.31 Å². The molecule has 0 amide bonds. The van der Waals surface area contributed by atoms with Crippen LogP contribution in [0.5, 0.6) is 0 Å². The highest BCUT2D eigenvalue weighted by Crippen LogP contribution is 2.34. The van der Waals surface area contributed by atoms with Crippen LogP contribution in [0.4, 0.5) is 5.69 Å². The Morgan fingerprint density at radius 2 is 2.10 bits per heavy atom. The fourth-order valence-corrected chi connectivity index (χ4v) is 4.37. The predicted octanol–water partition coefficient (Wildman–Crippen LogP) is -0.440. The van der Waals surface area contributed by atoms with Gasteiger partial charge in [0.2, 0.25) is 20.0 Å². The number of hydrogen-bond donors (Lipinski definition) is 2. The van der Waals surface area contributed by atoms with E-state index in [2.05, 4.69) is 5.32 Å². The van der Waals surface area contributed by atoms with Crippen LogP contribution in [0, 0.1) is 0 Å². The van der Waals surface area contributed by atoms with Gasteiger partial charge in [-0.15, -0.1) is 0 Å². The van der Waals surface area contributed by atoms with Gasteiger partial charge in [-0.2, -0.15) is 4.31 Å². The second kappa shape index (κ2) is 4.97. The maximum absolute atomic E-state index is 12.2. The number of nitrogens with two attached hydrogens (primary N) is 1. The van der Waals surface area contributed by atoms with Crippen molar-refractivity contribution < 1.29 is 21.6 Å². The number of sulfonamides is 2. The molecule has 1 heterocycles. The molecule has 11 heteroatoms. The maximum Gasteiger partial charge on any atom is 0.247 e. The highest BCUT2D eigenvalue weighted by molar-refractivity contribution is 7.90. The third kappa shape index (κ3) is 2.52. The number of fused-ring (bicyclic) bond motifs is 1. The van der Waals surface area contributed by atoms with Gasteiger partial charge in [0, 0.05) is 0 Å². The number of primary sulfonamides is 1. The van der Waals surface area contributed by atoms with E-state index in [9.17, 15) is 21.6 Å². The lowest BCUT2D eigenvalue weighted by Crippen LogP contribution is -2.40. The second-order valence-electron chi connectivity index (χ2n) is 3.96. The Morgan fingerprint density at radius 1 is 1.45 bits per heavy atom. The summed E-state index contributed by atoms with van der Waals surface area (Å²) in [5.74, 6) is 0. The third-order valence-corrected chi connectivity index (χ3v) is 5.91. The van der Waals surface area contributed by atoms with Crippen LogP contribution in [0.25, 0.3) is 0 Å². The molecule has 0 spiro atoms. The van der Waals surface area contributed by atoms with Crippen LogP contribution in [0.1, 0.15) is 0 Å². The van der Waals surface area contributed by atoms with Crippen LogP contribution in [0.15, 0.2) is 21.9 Å². The Hall–Kier alpha value is -1.20. The van der Waals surface area contributed by atoms with Gasteiger partial charge in [-0.3, -0.25) is 0 Å². The minimum absolute atomic E-state index is 0.112. The van der Waals surface area contributed by atoms with Gasteiger partial charge in [0.25, 0.3) is 0 Å². The lowest BCUT2D eigenvalue weighted by Gasteiger charge is -2.28. The molecule has 1 aromatic rings. The minimum Gasteiger partial charge on any atom is -0.370 e. The number of aldehydes is 1.